The molecule has 0 aromatic heterocycles. The van der Waals surface area contributed by atoms with Crippen molar-refractivity contribution in [2.45, 2.75) is 69.9 Å². The standard InChI is InChI=1S/C22H30FN3O3/c1-14(22(28)29)13-24-21(27)17-11-18(23)20(26-16-7-3-2-4-8-16)12-19(17)25-15-9-5-6-10-15/h11-12,15-16,25-26H,1-10,13H2,(H,24,27)(H,28,29). The lowest BCUT2D eigenvalue weighted by Gasteiger charge is -2.25. The number of carboxylic acid groups (broad SMARTS) is 1. The highest BCUT2D eigenvalue weighted by molar-refractivity contribution is 6.01. The van der Waals surface area contributed by atoms with Gasteiger partial charge in [-0.1, -0.05) is 38.7 Å². The molecular formula is C22H30FN3O3. The molecule has 2 saturated carbocycles. The van der Waals surface area contributed by atoms with Crippen LogP contribution >= 0.6 is 0 Å². The molecule has 1 amide bonds. The predicted octanol–water partition coefficient (Wildman–Crippen LogP) is 4.30. The van der Waals surface area contributed by atoms with E-state index in [0.29, 0.717) is 11.4 Å². The van der Waals surface area contributed by atoms with Gasteiger partial charge in [0.2, 0.25) is 0 Å². The Morgan fingerprint density at radius 1 is 0.966 bits per heavy atom. The van der Waals surface area contributed by atoms with Crippen molar-refractivity contribution in [3.8, 4) is 0 Å². The molecule has 0 bridgehead atoms. The minimum Gasteiger partial charge on any atom is -0.478 e. The van der Waals surface area contributed by atoms with Gasteiger partial charge in [-0.25, -0.2) is 9.18 Å². The fraction of sp³-hybridized carbons (Fsp3) is 0.545. The largest absolute Gasteiger partial charge is 0.478 e. The van der Waals surface area contributed by atoms with Gasteiger partial charge in [0.1, 0.15) is 5.82 Å². The van der Waals surface area contributed by atoms with Crippen molar-refractivity contribution in [2.75, 3.05) is 17.2 Å². The number of aliphatic carboxylic acids is 1. The van der Waals surface area contributed by atoms with Gasteiger partial charge >= 0.3 is 5.97 Å². The molecule has 2 aliphatic rings. The first-order valence-electron chi connectivity index (χ1n) is 10.5. The van der Waals surface area contributed by atoms with Gasteiger partial charge < -0.3 is 21.1 Å². The highest BCUT2D eigenvalue weighted by Crippen LogP contribution is 2.31. The van der Waals surface area contributed by atoms with Crippen LogP contribution < -0.4 is 16.0 Å². The summed E-state index contributed by atoms with van der Waals surface area (Å²) in [5.41, 5.74) is 1.04. The Bertz CT molecular complexity index is 769. The fourth-order valence-corrected chi connectivity index (χ4v) is 4.11. The summed E-state index contributed by atoms with van der Waals surface area (Å²) in [5, 5.41) is 18.1. The van der Waals surface area contributed by atoms with Crippen LogP contribution in [-0.4, -0.2) is 35.6 Å². The number of hydrogen-bond acceptors (Lipinski definition) is 4. The van der Waals surface area contributed by atoms with Crippen molar-refractivity contribution in [1.82, 2.24) is 5.32 Å². The molecule has 3 rings (SSSR count). The molecule has 158 valence electrons. The summed E-state index contributed by atoms with van der Waals surface area (Å²) in [5.74, 6) is -2.17. The topological polar surface area (TPSA) is 90.5 Å². The zero-order valence-corrected chi connectivity index (χ0v) is 16.7. The number of halogens is 1. The highest BCUT2D eigenvalue weighted by atomic mass is 19.1. The van der Waals surface area contributed by atoms with Crippen LogP contribution in [0.25, 0.3) is 0 Å². The van der Waals surface area contributed by atoms with Crippen LogP contribution in [0.1, 0.15) is 68.1 Å². The molecule has 7 heteroatoms. The second kappa shape index (κ2) is 9.76. The number of nitrogens with one attached hydrogen (secondary N) is 3. The Labute approximate surface area is 171 Å². The van der Waals surface area contributed by atoms with Gasteiger partial charge in [-0.3, -0.25) is 4.79 Å². The Morgan fingerprint density at radius 3 is 2.10 bits per heavy atom. The van der Waals surface area contributed by atoms with Crippen LogP contribution in [0.5, 0.6) is 0 Å². The molecule has 0 aliphatic heterocycles. The molecule has 1 aromatic carbocycles. The Kier molecular flexibility index (Phi) is 7.12. The van der Waals surface area contributed by atoms with E-state index < -0.39 is 17.7 Å². The maximum absolute atomic E-state index is 14.8. The number of rotatable bonds is 8. The van der Waals surface area contributed by atoms with E-state index in [1.54, 1.807) is 6.07 Å². The summed E-state index contributed by atoms with van der Waals surface area (Å²) >= 11 is 0. The summed E-state index contributed by atoms with van der Waals surface area (Å²) in [4.78, 5) is 23.5. The molecule has 29 heavy (non-hydrogen) atoms. The minimum atomic E-state index is -1.17. The van der Waals surface area contributed by atoms with E-state index in [1.165, 1.54) is 12.5 Å². The van der Waals surface area contributed by atoms with Crippen molar-refractivity contribution < 1.29 is 19.1 Å². The van der Waals surface area contributed by atoms with Gasteiger partial charge in [-0.2, -0.15) is 0 Å². The summed E-state index contributed by atoms with van der Waals surface area (Å²) in [7, 11) is 0. The van der Waals surface area contributed by atoms with Crippen molar-refractivity contribution in [2.24, 2.45) is 0 Å². The quantitative estimate of drug-likeness (QED) is 0.486. The van der Waals surface area contributed by atoms with E-state index in [-0.39, 0.29) is 29.8 Å². The van der Waals surface area contributed by atoms with Crippen molar-refractivity contribution in [3.05, 3.63) is 35.7 Å². The lowest BCUT2D eigenvalue weighted by atomic mass is 9.95. The van der Waals surface area contributed by atoms with E-state index in [9.17, 15) is 14.0 Å². The number of amides is 1. The number of hydrogen-bond donors (Lipinski definition) is 4. The molecule has 2 aliphatic carbocycles. The molecule has 2 fully saturated rings. The van der Waals surface area contributed by atoms with E-state index in [2.05, 4.69) is 22.5 Å². The average molecular weight is 403 g/mol. The van der Waals surface area contributed by atoms with E-state index >= 15 is 0 Å². The van der Waals surface area contributed by atoms with Crippen LogP contribution in [-0.2, 0) is 4.79 Å². The smallest absolute Gasteiger partial charge is 0.332 e. The van der Waals surface area contributed by atoms with Crippen LogP contribution in [0.2, 0.25) is 0 Å². The molecule has 0 unspecified atom stereocenters. The van der Waals surface area contributed by atoms with Gasteiger partial charge in [0.25, 0.3) is 5.91 Å². The zero-order chi connectivity index (χ0) is 20.8. The number of carbonyl (C=O) groups is 2. The number of carboxylic acids is 1. The second-order valence-electron chi connectivity index (χ2n) is 8.07. The number of carbonyl (C=O) groups excluding carboxylic acids is 1. The molecule has 1 aromatic rings. The monoisotopic (exact) mass is 403 g/mol. The Morgan fingerprint density at radius 2 is 1.52 bits per heavy atom. The summed E-state index contributed by atoms with van der Waals surface area (Å²) < 4.78 is 14.8. The maximum Gasteiger partial charge on any atom is 0.332 e. The van der Waals surface area contributed by atoms with Gasteiger partial charge in [-0.05, 0) is 37.8 Å². The lowest BCUT2D eigenvalue weighted by Crippen LogP contribution is -2.29. The second-order valence-corrected chi connectivity index (χ2v) is 8.07. The molecule has 0 radical (unpaired) electrons. The van der Waals surface area contributed by atoms with Gasteiger partial charge in [0.05, 0.1) is 11.3 Å². The molecule has 0 spiro atoms. The number of benzene rings is 1. The Hall–Kier alpha value is -2.57. The van der Waals surface area contributed by atoms with E-state index in [1.807, 2.05) is 0 Å². The first-order valence-corrected chi connectivity index (χ1v) is 10.5. The number of anilines is 2. The summed E-state index contributed by atoms with van der Waals surface area (Å²) in [6.45, 7) is 3.21. The molecule has 4 N–H and O–H groups in total. The molecule has 0 saturated heterocycles. The third-order valence-corrected chi connectivity index (χ3v) is 5.80. The minimum absolute atomic E-state index is 0.125. The summed E-state index contributed by atoms with van der Waals surface area (Å²) in [6, 6.07) is 3.42. The zero-order valence-electron chi connectivity index (χ0n) is 16.7. The first kappa shape index (κ1) is 21.1. The van der Waals surface area contributed by atoms with E-state index in [4.69, 9.17) is 5.11 Å². The maximum atomic E-state index is 14.8. The third kappa shape index (κ3) is 5.71. The lowest BCUT2D eigenvalue weighted by molar-refractivity contribution is -0.132. The molecular weight excluding hydrogens is 373 g/mol. The van der Waals surface area contributed by atoms with Crippen LogP contribution in [0, 0.1) is 5.82 Å². The van der Waals surface area contributed by atoms with Gasteiger partial charge in [0, 0.05) is 29.9 Å². The van der Waals surface area contributed by atoms with Crippen molar-refractivity contribution >= 4 is 23.3 Å². The SMILES string of the molecule is C=C(CNC(=O)c1cc(F)c(NC2CCCCC2)cc1NC1CCCC1)C(=O)O. The predicted molar refractivity (Wildman–Crippen MR) is 112 cm³/mol. The highest BCUT2D eigenvalue weighted by Gasteiger charge is 2.22. The fourth-order valence-electron chi connectivity index (χ4n) is 4.11. The van der Waals surface area contributed by atoms with E-state index in [0.717, 1.165) is 51.4 Å². The van der Waals surface area contributed by atoms with Crippen LogP contribution in [0.3, 0.4) is 0 Å². The average Bonchev–Trinajstić information content (AvgIpc) is 3.22. The van der Waals surface area contributed by atoms with Crippen LogP contribution in [0.15, 0.2) is 24.3 Å². The van der Waals surface area contributed by atoms with Gasteiger partial charge in [0.15, 0.2) is 0 Å². The van der Waals surface area contributed by atoms with Crippen molar-refractivity contribution in [3.63, 3.8) is 0 Å². The van der Waals surface area contributed by atoms with Crippen LogP contribution in [0.4, 0.5) is 15.8 Å². The molecule has 6 nitrogen and oxygen atoms in total. The first-order chi connectivity index (χ1) is 13.9. The van der Waals surface area contributed by atoms with Crippen molar-refractivity contribution in [1.29, 1.82) is 0 Å². The van der Waals surface area contributed by atoms with Gasteiger partial charge in [-0.15, -0.1) is 0 Å². The molecule has 0 heterocycles. The molecule has 0 atom stereocenters. The normalized spacial score (nSPS) is 17.7. The third-order valence-electron chi connectivity index (χ3n) is 5.80. The Balaban J connectivity index is 1.80. The summed E-state index contributed by atoms with van der Waals surface area (Å²) in [6.07, 6.45) is 9.82.